The molecule has 27 heavy (non-hydrogen) atoms. The Morgan fingerprint density at radius 3 is 2.19 bits per heavy atom. The van der Waals surface area contributed by atoms with E-state index in [1.807, 2.05) is 0 Å². The monoisotopic (exact) mass is 382 g/mol. The van der Waals surface area contributed by atoms with Crippen molar-refractivity contribution in [2.24, 2.45) is 5.73 Å². The fourth-order valence-corrected chi connectivity index (χ4v) is 2.55. The Bertz CT molecular complexity index is 568. The maximum Gasteiger partial charge on any atom is 0.533 e. The summed E-state index contributed by atoms with van der Waals surface area (Å²) in [5.74, 6) is -2.05. The van der Waals surface area contributed by atoms with Crippen LogP contribution in [0.15, 0.2) is 0 Å². The molecule has 150 valence electrons. The molecule has 0 radical (unpaired) electrons. The third-order valence-corrected chi connectivity index (χ3v) is 4.22. The van der Waals surface area contributed by atoms with Crippen LogP contribution in [-0.4, -0.2) is 60.6 Å². The molecular formula is C17H28N5O5+. The van der Waals surface area contributed by atoms with E-state index in [-0.39, 0.29) is 12.8 Å². The summed E-state index contributed by atoms with van der Waals surface area (Å²) in [4.78, 5) is 59.9. The molecule has 0 aliphatic carbocycles. The van der Waals surface area contributed by atoms with Crippen molar-refractivity contribution in [2.45, 2.75) is 70.1 Å². The SMILES string of the molecule is CC1NC(=O)CCC([C+]=O)NC(=O)C(C)NC(=O)C(CCCCN)NC1=O. The fourth-order valence-electron chi connectivity index (χ4n) is 2.55. The van der Waals surface area contributed by atoms with Crippen LogP contribution in [0.4, 0.5) is 0 Å². The van der Waals surface area contributed by atoms with Gasteiger partial charge in [0, 0.05) is 17.6 Å². The summed E-state index contributed by atoms with van der Waals surface area (Å²) in [7, 11) is 0. The number of nitrogens with one attached hydrogen (secondary N) is 4. The maximum atomic E-state index is 12.5. The highest BCUT2D eigenvalue weighted by atomic mass is 16.2. The number of amides is 4. The van der Waals surface area contributed by atoms with E-state index in [0.29, 0.717) is 25.8 Å². The zero-order valence-electron chi connectivity index (χ0n) is 15.7. The van der Waals surface area contributed by atoms with Crippen LogP contribution >= 0.6 is 0 Å². The number of carbonyl (C=O) groups excluding carboxylic acids is 5. The van der Waals surface area contributed by atoms with Gasteiger partial charge in [0.25, 0.3) is 6.04 Å². The predicted octanol–water partition coefficient (Wildman–Crippen LogP) is -2.00. The van der Waals surface area contributed by atoms with Gasteiger partial charge in [0.2, 0.25) is 23.6 Å². The third kappa shape index (κ3) is 7.67. The third-order valence-electron chi connectivity index (χ3n) is 4.22. The molecule has 4 unspecified atom stereocenters. The Labute approximate surface area is 158 Å². The van der Waals surface area contributed by atoms with Crippen molar-refractivity contribution < 1.29 is 24.0 Å². The van der Waals surface area contributed by atoms with E-state index in [2.05, 4.69) is 21.3 Å². The molecule has 4 atom stereocenters. The Hall–Kier alpha value is -2.58. The Morgan fingerprint density at radius 2 is 1.56 bits per heavy atom. The van der Waals surface area contributed by atoms with Crippen molar-refractivity contribution >= 4 is 29.9 Å². The van der Waals surface area contributed by atoms with Crippen LogP contribution in [0, 0.1) is 0 Å². The first-order valence-corrected chi connectivity index (χ1v) is 9.06. The first-order valence-electron chi connectivity index (χ1n) is 9.06. The molecule has 0 aromatic rings. The number of hydrogen-bond acceptors (Lipinski definition) is 6. The predicted molar refractivity (Wildman–Crippen MR) is 96.9 cm³/mol. The summed E-state index contributed by atoms with van der Waals surface area (Å²) in [5.41, 5.74) is 5.46. The summed E-state index contributed by atoms with van der Waals surface area (Å²) in [6, 6.07) is -3.61. The number of rotatable bonds is 5. The largest absolute Gasteiger partial charge is 0.533 e. The lowest BCUT2D eigenvalue weighted by molar-refractivity contribution is -0.133. The minimum atomic E-state index is -0.977. The topological polar surface area (TPSA) is 159 Å². The van der Waals surface area contributed by atoms with Crippen molar-refractivity contribution in [3.05, 3.63) is 0 Å². The van der Waals surface area contributed by atoms with Crippen LogP contribution in [0.1, 0.15) is 46.0 Å². The van der Waals surface area contributed by atoms with E-state index in [4.69, 9.17) is 5.73 Å². The Balaban J connectivity index is 2.97. The van der Waals surface area contributed by atoms with Gasteiger partial charge in [0.1, 0.15) is 18.1 Å². The second-order valence-electron chi connectivity index (χ2n) is 6.58. The van der Waals surface area contributed by atoms with Crippen LogP contribution in [0.25, 0.3) is 0 Å². The average Bonchev–Trinajstić information content (AvgIpc) is 2.62. The molecule has 1 aliphatic rings. The van der Waals surface area contributed by atoms with E-state index in [9.17, 15) is 24.0 Å². The van der Waals surface area contributed by atoms with Crippen molar-refractivity contribution in [3.63, 3.8) is 0 Å². The van der Waals surface area contributed by atoms with Gasteiger partial charge in [-0.25, -0.2) is 0 Å². The summed E-state index contributed by atoms with van der Waals surface area (Å²) >= 11 is 0. The minimum absolute atomic E-state index is 0.0395. The van der Waals surface area contributed by atoms with Gasteiger partial charge in [0.05, 0.1) is 0 Å². The number of unbranched alkanes of at least 4 members (excludes halogenated alkanes) is 1. The molecule has 1 rings (SSSR count). The molecular weight excluding hydrogens is 354 g/mol. The summed E-state index contributed by atoms with van der Waals surface area (Å²) in [6.07, 6.45) is 3.28. The Morgan fingerprint density at radius 1 is 0.926 bits per heavy atom. The molecule has 1 saturated heterocycles. The molecule has 0 aromatic carbocycles. The molecule has 10 nitrogen and oxygen atoms in total. The fraction of sp³-hybridized carbons (Fsp3) is 0.706. The van der Waals surface area contributed by atoms with Crippen LogP contribution in [0.5, 0.6) is 0 Å². The van der Waals surface area contributed by atoms with E-state index in [1.165, 1.54) is 13.8 Å². The van der Waals surface area contributed by atoms with E-state index in [0.717, 1.165) is 0 Å². The molecule has 4 amide bonds. The lowest BCUT2D eigenvalue weighted by Crippen LogP contribution is -2.56. The first kappa shape index (κ1) is 22.5. The highest BCUT2D eigenvalue weighted by Gasteiger charge is 2.31. The second kappa shape index (κ2) is 11.2. The van der Waals surface area contributed by atoms with Gasteiger partial charge >= 0.3 is 6.29 Å². The lowest BCUT2D eigenvalue weighted by Gasteiger charge is -2.23. The van der Waals surface area contributed by atoms with E-state index >= 15 is 0 Å². The molecule has 1 fully saturated rings. The van der Waals surface area contributed by atoms with E-state index in [1.54, 1.807) is 6.29 Å². The van der Waals surface area contributed by atoms with E-state index < -0.39 is 47.8 Å². The highest BCUT2D eigenvalue weighted by Crippen LogP contribution is 2.04. The normalized spacial score (nSPS) is 28.1. The minimum Gasteiger partial charge on any atom is -0.345 e. The van der Waals surface area contributed by atoms with Gasteiger partial charge in [-0.15, -0.1) is 0 Å². The first-order chi connectivity index (χ1) is 12.8. The van der Waals surface area contributed by atoms with Crippen LogP contribution in [0.2, 0.25) is 0 Å². The summed E-state index contributed by atoms with van der Waals surface area (Å²) in [5, 5.41) is 10.1. The van der Waals surface area contributed by atoms with Crippen molar-refractivity contribution in [3.8, 4) is 0 Å². The molecule has 0 bridgehead atoms. The standard InChI is InChI=1S/C17H27N5O5/c1-10-16(26)22-13(5-3-4-8-18)17(27)20-11(2)15(25)21-12(9-23)6-7-14(24)19-10/h10-13H,3-8,18H2,1-2H3,(H3-,19,20,21,22,24,25,26,27)/p+1. The van der Waals surface area contributed by atoms with Crippen molar-refractivity contribution in [2.75, 3.05) is 6.54 Å². The van der Waals surface area contributed by atoms with Gasteiger partial charge in [-0.2, -0.15) is 0 Å². The highest BCUT2D eigenvalue weighted by molar-refractivity contribution is 5.94. The molecule has 6 N–H and O–H groups in total. The molecule has 1 aliphatic heterocycles. The van der Waals surface area contributed by atoms with Gasteiger partial charge < -0.3 is 27.0 Å². The van der Waals surface area contributed by atoms with Crippen molar-refractivity contribution in [1.29, 1.82) is 0 Å². The Kier molecular flexibility index (Phi) is 9.32. The zero-order chi connectivity index (χ0) is 20.4. The van der Waals surface area contributed by atoms with Crippen LogP contribution < -0.4 is 27.0 Å². The molecule has 10 heteroatoms. The quantitative estimate of drug-likeness (QED) is 0.273. The lowest BCUT2D eigenvalue weighted by atomic mass is 10.1. The number of nitrogens with two attached hydrogens (primary N) is 1. The summed E-state index contributed by atoms with van der Waals surface area (Å²) < 4.78 is 0. The number of hydrogen-bond donors (Lipinski definition) is 5. The summed E-state index contributed by atoms with van der Waals surface area (Å²) in [6.45, 7) is 3.42. The van der Waals surface area contributed by atoms with Crippen LogP contribution in [-0.2, 0) is 24.0 Å². The average molecular weight is 382 g/mol. The molecule has 0 aromatic heterocycles. The number of carbonyl (C=O) groups is 4. The molecule has 1 heterocycles. The van der Waals surface area contributed by atoms with Gasteiger partial charge in [-0.1, -0.05) is 0 Å². The molecule has 0 saturated carbocycles. The maximum absolute atomic E-state index is 12.5. The van der Waals surface area contributed by atoms with Gasteiger partial charge in [-0.3, -0.25) is 19.2 Å². The van der Waals surface area contributed by atoms with Gasteiger partial charge in [0.15, 0.2) is 0 Å². The van der Waals surface area contributed by atoms with Crippen LogP contribution in [0.3, 0.4) is 0 Å². The zero-order valence-corrected chi connectivity index (χ0v) is 15.7. The smallest absolute Gasteiger partial charge is 0.345 e. The second-order valence-corrected chi connectivity index (χ2v) is 6.58. The van der Waals surface area contributed by atoms with Crippen molar-refractivity contribution in [1.82, 2.24) is 21.3 Å². The molecule has 0 spiro atoms. The van der Waals surface area contributed by atoms with Gasteiger partial charge in [-0.05, 0) is 39.7 Å².